The summed E-state index contributed by atoms with van der Waals surface area (Å²) in [7, 11) is 0. The van der Waals surface area contributed by atoms with E-state index in [0.29, 0.717) is 11.5 Å². The lowest BCUT2D eigenvalue weighted by Gasteiger charge is -2.31. The zero-order valence-electron chi connectivity index (χ0n) is 11.9. The van der Waals surface area contributed by atoms with E-state index in [-0.39, 0.29) is 12.5 Å². The molecule has 1 fully saturated rings. The third-order valence-electron chi connectivity index (χ3n) is 4.04. The molecule has 0 radical (unpaired) electrons. The fourth-order valence-corrected chi connectivity index (χ4v) is 2.68. The Kier molecular flexibility index (Phi) is 4.01. The van der Waals surface area contributed by atoms with E-state index in [2.05, 4.69) is 5.10 Å². The molecule has 1 aromatic carbocycles. The molecule has 0 saturated carbocycles. The summed E-state index contributed by atoms with van der Waals surface area (Å²) in [6.07, 6.45) is 5.36. The molecule has 1 aliphatic rings. The Balaban J connectivity index is 1.68. The molecule has 2 heterocycles. The van der Waals surface area contributed by atoms with Gasteiger partial charge in [-0.05, 0) is 49.1 Å². The minimum absolute atomic E-state index is 0.0680. The largest absolute Gasteiger partial charge is 0.396 e. The summed E-state index contributed by atoms with van der Waals surface area (Å²) in [5, 5.41) is 13.3. The summed E-state index contributed by atoms with van der Waals surface area (Å²) in [6.45, 7) is 1.68. The van der Waals surface area contributed by atoms with E-state index in [0.717, 1.165) is 31.6 Å². The lowest BCUT2D eigenvalue weighted by Crippen LogP contribution is -2.39. The monoisotopic (exact) mass is 285 g/mol. The summed E-state index contributed by atoms with van der Waals surface area (Å²) in [4.78, 5) is 14.3. The maximum absolute atomic E-state index is 12.4. The van der Waals surface area contributed by atoms with E-state index < -0.39 is 0 Å². The predicted molar refractivity (Wildman–Crippen MR) is 79.3 cm³/mol. The molecule has 1 aliphatic heterocycles. The van der Waals surface area contributed by atoms with Crippen LogP contribution in [0.5, 0.6) is 0 Å². The Hall–Kier alpha value is -2.14. The summed E-state index contributed by atoms with van der Waals surface area (Å²) in [5.74, 6) is 0.412. The van der Waals surface area contributed by atoms with Crippen molar-refractivity contribution in [2.75, 3.05) is 19.7 Å². The van der Waals surface area contributed by atoms with E-state index >= 15 is 0 Å². The van der Waals surface area contributed by atoms with Crippen molar-refractivity contribution in [3.63, 3.8) is 0 Å². The summed E-state index contributed by atoms with van der Waals surface area (Å²) in [5.41, 5.74) is 1.64. The van der Waals surface area contributed by atoms with E-state index in [4.69, 9.17) is 5.11 Å². The van der Waals surface area contributed by atoms with Crippen molar-refractivity contribution in [3.8, 4) is 5.69 Å². The minimum Gasteiger partial charge on any atom is -0.396 e. The summed E-state index contributed by atoms with van der Waals surface area (Å²) in [6, 6.07) is 9.36. The second kappa shape index (κ2) is 6.10. The van der Waals surface area contributed by atoms with Crippen LogP contribution in [-0.2, 0) is 0 Å². The first-order valence-electron chi connectivity index (χ1n) is 7.28. The molecule has 0 spiro atoms. The van der Waals surface area contributed by atoms with Gasteiger partial charge in [0.25, 0.3) is 5.91 Å². The smallest absolute Gasteiger partial charge is 0.253 e. The highest BCUT2D eigenvalue weighted by Crippen LogP contribution is 2.19. The van der Waals surface area contributed by atoms with E-state index in [1.807, 2.05) is 41.4 Å². The first-order valence-corrected chi connectivity index (χ1v) is 7.28. The zero-order chi connectivity index (χ0) is 14.7. The quantitative estimate of drug-likeness (QED) is 0.934. The van der Waals surface area contributed by atoms with Crippen LogP contribution in [0.3, 0.4) is 0 Å². The van der Waals surface area contributed by atoms with Crippen molar-refractivity contribution in [3.05, 3.63) is 48.3 Å². The molecule has 1 saturated heterocycles. The second-order valence-electron chi connectivity index (χ2n) is 5.42. The highest BCUT2D eigenvalue weighted by Gasteiger charge is 2.23. The van der Waals surface area contributed by atoms with Crippen LogP contribution >= 0.6 is 0 Å². The molecule has 0 unspecified atom stereocenters. The molecule has 5 heteroatoms. The van der Waals surface area contributed by atoms with Gasteiger partial charge in [-0.2, -0.15) is 5.10 Å². The van der Waals surface area contributed by atoms with E-state index in [9.17, 15) is 4.79 Å². The lowest BCUT2D eigenvalue weighted by atomic mass is 9.97. The summed E-state index contributed by atoms with van der Waals surface area (Å²) < 4.78 is 1.76. The average Bonchev–Trinajstić information content (AvgIpc) is 3.09. The minimum atomic E-state index is 0.0680. The summed E-state index contributed by atoms with van der Waals surface area (Å²) >= 11 is 0. The third-order valence-corrected chi connectivity index (χ3v) is 4.04. The number of hydrogen-bond acceptors (Lipinski definition) is 3. The first-order chi connectivity index (χ1) is 10.3. The number of nitrogens with zero attached hydrogens (tertiary/aromatic N) is 3. The fraction of sp³-hybridized carbons (Fsp3) is 0.375. The maximum atomic E-state index is 12.4. The van der Waals surface area contributed by atoms with Gasteiger partial charge in [-0.15, -0.1) is 0 Å². The van der Waals surface area contributed by atoms with Gasteiger partial charge in [0.1, 0.15) is 0 Å². The van der Waals surface area contributed by atoms with Crippen LogP contribution in [0.1, 0.15) is 23.2 Å². The molecule has 1 amide bonds. The van der Waals surface area contributed by atoms with Crippen LogP contribution in [0.25, 0.3) is 5.69 Å². The van der Waals surface area contributed by atoms with Gasteiger partial charge in [-0.25, -0.2) is 4.68 Å². The Labute approximate surface area is 123 Å². The van der Waals surface area contributed by atoms with E-state index in [1.54, 1.807) is 10.9 Å². The average molecular weight is 285 g/mol. The van der Waals surface area contributed by atoms with Crippen molar-refractivity contribution in [1.82, 2.24) is 14.7 Å². The number of carbonyl (C=O) groups excluding carboxylic acids is 1. The molecule has 0 atom stereocenters. The third kappa shape index (κ3) is 2.97. The van der Waals surface area contributed by atoms with Crippen LogP contribution < -0.4 is 0 Å². The molecule has 21 heavy (non-hydrogen) atoms. The molecule has 0 bridgehead atoms. The van der Waals surface area contributed by atoms with Crippen molar-refractivity contribution < 1.29 is 9.90 Å². The van der Waals surface area contributed by atoms with Gasteiger partial charge >= 0.3 is 0 Å². The normalized spacial score (nSPS) is 16.1. The van der Waals surface area contributed by atoms with E-state index in [1.165, 1.54) is 0 Å². The number of carbonyl (C=O) groups is 1. The first kappa shape index (κ1) is 13.8. The Morgan fingerprint density at radius 3 is 2.52 bits per heavy atom. The highest BCUT2D eigenvalue weighted by molar-refractivity contribution is 5.94. The molecule has 0 aliphatic carbocycles. The number of likely N-dealkylation sites (tertiary alicyclic amines) is 1. The number of benzene rings is 1. The van der Waals surface area contributed by atoms with Crippen molar-refractivity contribution in [1.29, 1.82) is 0 Å². The lowest BCUT2D eigenvalue weighted by molar-refractivity contribution is 0.0651. The van der Waals surface area contributed by atoms with Gasteiger partial charge in [-0.3, -0.25) is 4.79 Å². The number of aliphatic hydroxyl groups is 1. The van der Waals surface area contributed by atoms with Gasteiger partial charge < -0.3 is 10.0 Å². The van der Waals surface area contributed by atoms with Crippen LogP contribution in [0.4, 0.5) is 0 Å². The number of amides is 1. The number of aliphatic hydroxyl groups excluding tert-OH is 1. The number of hydrogen-bond donors (Lipinski definition) is 1. The highest BCUT2D eigenvalue weighted by atomic mass is 16.3. The van der Waals surface area contributed by atoms with Crippen LogP contribution in [0.15, 0.2) is 42.7 Å². The van der Waals surface area contributed by atoms with Crippen LogP contribution in [0.2, 0.25) is 0 Å². The fourth-order valence-electron chi connectivity index (χ4n) is 2.68. The van der Waals surface area contributed by atoms with Crippen molar-refractivity contribution in [2.45, 2.75) is 12.8 Å². The van der Waals surface area contributed by atoms with Gasteiger partial charge in [0, 0.05) is 37.7 Å². The van der Waals surface area contributed by atoms with Crippen molar-refractivity contribution >= 4 is 5.91 Å². The topological polar surface area (TPSA) is 58.4 Å². The SMILES string of the molecule is O=C(c1ccc(-n2cccn2)cc1)N1CCC(CO)CC1. The maximum Gasteiger partial charge on any atom is 0.253 e. The van der Waals surface area contributed by atoms with Crippen LogP contribution in [-0.4, -0.2) is 45.4 Å². The molecular formula is C16H19N3O2. The van der Waals surface area contributed by atoms with Gasteiger partial charge in [0.15, 0.2) is 0 Å². The van der Waals surface area contributed by atoms with Gasteiger partial charge in [0.05, 0.1) is 5.69 Å². The van der Waals surface area contributed by atoms with Gasteiger partial charge in [-0.1, -0.05) is 0 Å². The number of piperidine rings is 1. The standard InChI is InChI=1S/C16H19N3O2/c20-12-13-6-10-18(11-7-13)16(21)14-2-4-15(5-3-14)19-9-1-8-17-19/h1-5,8-9,13,20H,6-7,10-12H2. The number of aromatic nitrogens is 2. The Morgan fingerprint density at radius 1 is 1.24 bits per heavy atom. The molecule has 5 nitrogen and oxygen atoms in total. The molecular weight excluding hydrogens is 266 g/mol. The van der Waals surface area contributed by atoms with Crippen molar-refractivity contribution in [2.24, 2.45) is 5.92 Å². The molecule has 2 aromatic rings. The molecule has 3 rings (SSSR count). The Bertz CT molecular complexity index is 584. The Morgan fingerprint density at radius 2 is 1.95 bits per heavy atom. The van der Waals surface area contributed by atoms with Gasteiger partial charge in [0.2, 0.25) is 0 Å². The second-order valence-corrected chi connectivity index (χ2v) is 5.42. The predicted octanol–water partition coefficient (Wildman–Crippen LogP) is 1.72. The molecule has 1 aromatic heterocycles. The zero-order valence-corrected chi connectivity index (χ0v) is 11.9. The van der Waals surface area contributed by atoms with Crippen LogP contribution in [0, 0.1) is 5.92 Å². The molecule has 110 valence electrons. The number of rotatable bonds is 3. The molecule has 1 N–H and O–H groups in total.